The average Bonchev–Trinajstić information content (AvgIpc) is 2.35. The monoisotopic (exact) mass is 210 g/mol. The van der Waals surface area contributed by atoms with Gasteiger partial charge in [0.2, 0.25) is 0 Å². The largest absolute Gasteiger partial charge is 0.497 e. The first kappa shape index (κ1) is 11.6. The summed E-state index contributed by atoms with van der Waals surface area (Å²) < 4.78 is 5.02. The quantitative estimate of drug-likeness (QED) is 0.552. The van der Waals surface area contributed by atoms with Crippen LogP contribution in [-0.2, 0) is 0 Å². The maximum absolute atomic E-state index is 6.95. The molecule has 0 saturated carbocycles. The number of nitrogens with zero attached hydrogens (tertiary/aromatic N) is 2. The van der Waals surface area contributed by atoms with Gasteiger partial charge in [-0.05, 0) is 17.7 Å². The van der Waals surface area contributed by atoms with Crippen LogP contribution in [0.4, 0.5) is 0 Å². The fourth-order valence-corrected chi connectivity index (χ4v) is 1.10. The van der Waals surface area contributed by atoms with Gasteiger partial charge in [0.15, 0.2) is 11.4 Å². The maximum Gasteiger partial charge on any atom is 0.194 e. The van der Waals surface area contributed by atoms with Crippen LogP contribution >= 0.6 is 0 Å². The van der Waals surface area contributed by atoms with Crippen LogP contribution < -0.4 is 4.74 Å². The Balaban J connectivity index is 3.02. The molecule has 0 atom stereocenters. The van der Waals surface area contributed by atoms with Gasteiger partial charge in [-0.3, -0.25) is 9.69 Å². The summed E-state index contributed by atoms with van der Waals surface area (Å²) in [5.41, 5.74) is 1.27. The minimum absolute atomic E-state index is 0.158. The third-order valence-electron chi connectivity index (χ3n) is 1.97. The zero-order chi connectivity index (χ0) is 12.0. The molecule has 16 heavy (non-hydrogen) atoms. The second-order valence-corrected chi connectivity index (χ2v) is 2.97. The molecule has 1 aromatic carbocycles. The number of methoxy groups -OCH3 is 1. The molecule has 0 fully saturated rings. The highest BCUT2D eigenvalue weighted by Gasteiger charge is 2.02. The van der Waals surface area contributed by atoms with Gasteiger partial charge in [0, 0.05) is 0 Å². The zero-order valence-corrected chi connectivity index (χ0v) is 8.90. The van der Waals surface area contributed by atoms with Crippen LogP contribution in [0.15, 0.2) is 42.2 Å². The van der Waals surface area contributed by atoms with E-state index in [0.717, 1.165) is 11.3 Å². The van der Waals surface area contributed by atoms with Crippen LogP contribution in [0.3, 0.4) is 0 Å². The molecule has 0 spiro atoms. The second kappa shape index (κ2) is 5.38. The Morgan fingerprint density at radius 1 is 1.25 bits per heavy atom. The summed E-state index contributed by atoms with van der Waals surface area (Å²) >= 11 is 0. The minimum atomic E-state index is 0.158. The Bertz CT molecular complexity index is 498. The van der Waals surface area contributed by atoms with Crippen molar-refractivity contribution in [2.45, 2.75) is 0 Å². The minimum Gasteiger partial charge on any atom is -0.497 e. The molecule has 1 rings (SSSR count). The molecular weight excluding hydrogens is 200 g/mol. The van der Waals surface area contributed by atoms with E-state index in [1.54, 1.807) is 25.3 Å². The van der Waals surface area contributed by atoms with Crippen LogP contribution in [0.1, 0.15) is 5.56 Å². The van der Waals surface area contributed by atoms with E-state index in [4.69, 9.17) is 17.9 Å². The summed E-state index contributed by atoms with van der Waals surface area (Å²) in [5.74, 6) is 0.755. The number of benzene rings is 1. The first-order valence-electron chi connectivity index (χ1n) is 4.51. The molecule has 0 radical (unpaired) electrons. The second-order valence-electron chi connectivity index (χ2n) is 2.97. The molecule has 0 heterocycles. The molecule has 0 amide bonds. The van der Waals surface area contributed by atoms with E-state index >= 15 is 0 Å². The van der Waals surface area contributed by atoms with E-state index in [9.17, 15) is 0 Å². The van der Waals surface area contributed by atoms with Gasteiger partial charge in [0.05, 0.1) is 20.3 Å². The Morgan fingerprint density at radius 2 is 1.88 bits per heavy atom. The first-order valence-corrected chi connectivity index (χ1v) is 4.51. The lowest BCUT2D eigenvalue weighted by atomic mass is 10.1. The fraction of sp³-hybridized carbons (Fsp3) is 0.0769. The molecule has 78 valence electrons. The lowest BCUT2D eigenvalue weighted by Gasteiger charge is -2.00. The predicted molar refractivity (Wildman–Crippen MR) is 63.3 cm³/mol. The van der Waals surface area contributed by atoms with Gasteiger partial charge in [-0.15, -0.1) is 6.58 Å². The van der Waals surface area contributed by atoms with Crippen LogP contribution in [-0.4, -0.2) is 7.11 Å². The number of hydrogen-bond donors (Lipinski definition) is 0. The van der Waals surface area contributed by atoms with Crippen LogP contribution in [0.5, 0.6) is 5.75 Å². The molecule has 1 aromatic rings. The molecule has 0 saturated heterocycles. The third-order valence-corrected chi connectivity index (χ3v) is 1.97. The van der Waals surface area contributed by atoms with Crippen LogP contribution in [0.2, 0.25) is 0 Å². The Hall–Kier alpha value is -2.52. The van der Waals surface area contributed by atoms with Crippen molar-refractivity contribution in [3.8, 4) is 5.75 Å². The van der Waals surface area contributed by atoms with Crippen molar-refractivity contribution >= 4 is 6.08 Å². The molecule has 3 nitrogen and oxygen atoms in total. The van der Waals surface area contributed by atoms with Crippen molar-refractivity contribution in [1.29, 1.82) is 0 Å². The van der Waals surface area contributed by atoms with Gasteiger partial charge >= 0.3 is 0 Å². The highest BCUT2D eigenvalue weighted by Crippen LogP contribution is 2.18. The number of hydrogen-bond acceptors (Lipinski definition) is 1. The van der Waals surface area contributed by atoms with Crippen LogP contribution in [0.25, 0.3) is 15.8 Å². The smallest absolute Gasteiger partial charge is 0.194 e. The van der Waals surface area contributed by atoms with Crippen LogP contribution in [0, 0.1) is 13.1 Å². The normalized spacial score (nSPS) is 10.1. The third kappa shape index (κ3) is 2.73. The van der Waals surface area contributed by atoms with Gasteiger partial charge in [-0.1, -0.05) is 18.2 Å². The van der Waals surface area contributed by atoms with Gasteiger partial charge in [0.1, 0.15) is 5.75 Å². The summed E-state index contributed by atoms with van der Waals surface area (Å²) in [7, 11) is 1.59. The SMILES string of the molecule is [C-]#[N+]C(=C)C(=Cc1ccc(OC)cc1)[N+]#[C-]. The van der Waals surface area contributed by atoms with Crippen molar-refractivity contribution < 1.29 is 4.74 Å². The summed E-state index contributed by atoms with van der Waals surface area (Å²) in [5, 5.41) is 0. The molecule has 0 bridgehead atoms. The van der Waals surface area contributed by atoms with Crippen molar-refractivity contribution in [1.82, 2.24) is 0 Å². The molecular formula is C13H10N2O. The molecule has 0 unspecified atom stereocenters. The summed E-state index contributed by atoms with van der Waals surface area (Å²) in [6.45, 7) is 17.3. The fourth-order valence-electron chi connectivity index (χ4n) is 1.10. The van der Waals surface area contributed by atoms with E-state index in [2.05, 4.69) is 16.3 Å². The van der Waals surface area contributed by atoms with E-state index in [1.807, 2.05) is 12.1 Å². The average molecular weight is 210 g/mol. The zero-order valence-electron chi connectivity index (χ0n) is 8.90. The van der Waals surface area contributed by atoms with Gasteiger partial charge in [-0.25, -0.2) is 0 Å². The number of rotatable bonds is 3. The number of ether oxygens (including phenoxy) is 1. The molecule has 0 N–H and O–H groups in total. The van der Waals surface area contributed by atoms with Crippen molar-refractivity contribution in [3.05, 3.63) is 70.6 Å². The molecule has 0 aliphatic carbocycles. The predicted octanol–water partition coefficient (Wildman–Crippen LogP) is 3.39. The highest BCUT2D eigenvalue weighted by atomic mass is 16.5. The van der Waals surface area contributed by atoms with Gasteiger partial charge < -0.3 is 4.74 Å². The lowest BCUT2D eigenvalue weighted by molar-refractivity contribution is 0.415. The Morgan fingerprint density at radius 3 is 2.31 bits per heavy atom. The molecule has 3 heteroatoms. The lowest BCUT2D eigenvalue weighted by Crippen LogP contribution is -1.82. The van der Waals surface area contributed by atoms with Crippen molar-refractivity contribution in [3.63, 3.8) is 0 Å². The van der Waals surface area contributed by atoms with E-state index in [-0.39, 0.29) is 11.4 Å². The molecule has 0 aliphatic heterocycles. The van der Waals surface area contributed by atoms with Crippen molar-refractivity contribution in [2.75, 3.05) is 7.11 Å². The maximum atomic E-state index is 6.95. The van der Waals surface area contributed by atoms with E-state index in [0.29, 0.717) is 0 Å². The van der Waals surface area contributed by atoms with E-state index in [1.165, 1.54) is 0 Å². The Kier molecular flexibility index (Phi) is 3.89. The summed E-state index contributed by atoms with van der Waals surface area (Å²) in [6.07, 6.45) is 1.63. The van der Waals surface area contributed by atoms with Gasteiger partial charge in [-0.2, -0.15) is 0 Å². The van der Waals surface area contributed by atoms with E-state index < -0.39 is 0 Å². The standard InChI is InChI=1S/C13H10N2O/c1-10(14-2)13(15-3)9-11-5-7-12(16-4)8-6-11/h5-9H,1H2,4H3. The molecule has 0 aromatic heterocycles. The summed E-state index contributed by atoms with van der Waals surface area (Å²) in [6, 6.07) is 7.24. The summed E-state index contributed by atoms with van der Waals surface area (Å²) in [4.78, 5) is 6.40. The first-order chi connectivity index (χ1) is 7.71. The molecule has 0 aliphatic rings. The van der Waals surface area contributed by atoms with Crippen molar-refractivity contribution in [2.24, 2.45) is 0 Å². The van der Waals surface area contributed by atoms with Gasteiger partial charge in [0.25, 0.3) is 0 Å². The highest BCUT2D eigenvalue weighted by molar-refractivity contribution is 5.61. The Labute approximate surface area is 94.9 Å². The topological polar surface area (TPSA) is 17.9 Å².